The zero-order valence-electron chi connectivity index (χ0n) is 12.6. The molecular formula is C15H14N6O3. The topological polar surface area (TPSA) is 122 Å². The lowest BCUT2D eigenvalue weighted by Gasteiger charge is -2.27. The van der Waals surface area contributed by atoms with Crippen molar-refractivity contribution in [3.63, 3.8) is 0 Å². The van der Waals surface area contributed by atoms with E-state index in [1.165, 1.54) is 0 Å². The first kappa shape index (κ1) is 14.5. The Morgan fingerprint density at radius 3 is 2.96 bits per heavy atom. The van der Waals surface area contributed by atoms with E-state index in [2.05, 4.69) is 31.4 Å². The summed E-state index contributed by atoms with van der Waals surface area (Å²) in [4.78, 5) is 24.3. The van der Waals surface area contributed by atoms with Crippen LogP contribution in [0, 0.1) is 11.8 Å². The van der Waals surface area contributed by atoms with Crippen LogP contribution in [0.3, 0.4) is 0 Å². The SMILES string of the molecule is O=C(N/N=C1/CCCc2nonc21)C1=NNC(=O)[C@H]2C=CC=C[C@@H]12. The Bertz CT molecular complexity index is 819. The molecule has 1 aromatic rings. The Morgan fingerprint density at radius 1 is 1.25 bits per heavy atom. The molecule has 9 nitrogen and oxygen atoms in total. The first-order valence-electron chi connectivity index (χ1n) is 7.65. The second kappa shape index (κ2) is 5.84. The number of aryl methyl sites for hydroxylation is 1. The zero-order valence-corrected chi connectivity index (χ0v) is 12.6. The standard InChI is InChI=1S/C15H14N6O3/c22-14-9-5-2-1-4-8(9)12(17-18-14)15(23)19-16-10-6-3-7-11-13(10)21-24-20-11/h1-2,4-5,8-9H,3,6-7H2,(H,18,22)(H,19,23)/b16-10-/t8-,9+/m1/s1. The highest BCUT2D eigenvalue weighted by Crippen LogP contribution is 2.24. The quantitative estimate of drug-likeness (QED) is 0.745. The maximum absolute atomic E-state index is 12.4. The number of hydrazone groups is 2. The van der Waals surface area contributed by atoms with Crippen LogP contribution >= 0.6 is 0 Å². The van der Waals surface area contributed by atoms with Gasteiger partial charge in [-0.2, -0.15) is 10.2 Å². The van der Waals surface area contributed by atoms with Crippen LogP contribution in [0.2, 0.25) is 0 Å². The number of carbonyl (C=O) groups excluding carboxylic acids is 2. The van der Waals surface area contributed by atoms with Crippen LogP contribution in [0.1, 0.15) is 24.2 Å². The summed E-state index contributed by atoms with van der Waals surface area (Å²) in [5.41, 5.74) is 7.06. The highest BCUT2D eigenvalue weighted by molar-refractivity contribution is 6.41. The minimum Gasteiger partial charge on any atom is -0.272 e. The normalized spacial score (nSPS) is 26.4. The summed E-state index contributed by atoms with van der Waals surface area (Å²) in [6, 6.07) is 0. The molecule has 0 saturated carbocycles. The monoisotopic (exact) mass is 326 g/mol. The first-order valence-corrected chi connectivity index (χ1v) is 7.65. The highest BCUT2D eigenvalue weighted by Gasteiger charge is 2.36. The molecule has 0 radical (unpaired) electrons. The third-order valence-electron chi connectivity index (χ3n) is 4.22. The number of allylic oxidation sites excluding steroid dienone is 3. The Morgan fingerprint density at radius 2 is 2.08 bits per heavy atom. The smallest absolute Gasteiger partial charge is 0.272 e. The summed E-state index contributed by atoms with van der Waals surface area (Å²) >= 11 is 0. The van der Waals surface area contributed by atoms with Gasteiger partial charge in [0.25, 0.3) is 5.91 Å². The Labute approximate surface area is 136 Å². The van der Waals surface area contributed by atoms with E-state index in [-0.39, 0.29) is 17.5 Å². The molecule has 2 atom stereocenters. The van der Waals surface area contributed by atoms with Crippen molar-refractivity contribution in [2.75, 3.05) is 0 Å². The van der Waals surface area contributed by atoms with Gasteiger partial charge >= 0.3 is 0 Å². The van der Waals surface area contributed by atoms with Crippen LogP contribution in [0.4, 0.5) is 0 Å². The van der Waals surface area contributed by atoms with Crippen molar-refractivity contribution in [2.45, 2.75) is 19.3 Å². The highest BCUT2D eigenvalue weighted by atomic mass is 16.6. The predicted octanol–water partition coefficient (Wildman–Crippen LogP) is 0.0704. The molecule has 0 fully saturated rings. The average Bonchev–Trinajstić information content (AvgIpc) is 3.09. The number of fused-ring (bicyclic) bond motifs is 2. The second-order valence-electron chi connectivity index (χ2n) is 5.71. The van der Waals surface area contributed by atoms with E-state index >= 15 is 0 Å². The molecule has 0 unspecified atom stereocenters. The average molecular weight is 326 g/mol. The number of nitrogens with zero attached hydrogens (tertiary/aromatic N) is 4. The van der Waals surface area contributed by atoms with E-state index < -0.39 is 11.8 Å². The maximum Gasteiger partial charge on any atom is 0.288 e. The van der Waals surface area contributed by atoms with E-state index in [1.807, 2.05) is 0 Å². The summed E-state index contributed by atoms with van der Waals surface area (Å²) in [7, 11) is 0. The molecule has 9 heteroatoms. The largest absolute Gasteiger partial charge is 0.288 e. The molecule has 2 heterocycles. The first-order chi connectivity index (χ1) is 11.7. The molecule has 0 bridgehead atoms. The summed E-state index contributed by atoms with van der Waals surface area (Å²) in [5, 5.41) is 15.7. The van der Waals surface area contributed by atoms with Gasteiger partial charge in [-0.25, -0.2) is 15.5 Å². The molecule has 0 saturated heterocycles. The minimum atomic E-state index is -0.457. The van der Waals surface area contributed by atoms with Crippen LogP contribution in [-0.2, 0) is 16.0 Å². The van der Waals surface area contributed by atoms with Crippen LogP contribution in [0.5, 0.6) is 0 Å². The van der Waals surface area contributed by atoms with Crippen LogP contribution in [-0.4, -0.2) is 33.6 Å². The molecule has 122 valence electrons. The Kier molecular flexibility index (Phi) is 3.52. The van der Waals surface area contributed by atoms with E-state index in [0.29, 0.717) is 17.8 Å². The summed E-state index contributed by atoms with van der Waals surface area (Å²) < 4.78 is 4.72. The summed E-state index contributed by atoms with van der Waals surface area (Å²) in [6.07, 6.45) is 9.44. The van der Waals surface area contributed by atoms with Gasteiger partial charge in [0.15, 0.2) is 5.69 Å². The van der Waals surface area contributed by atoms with Crippen LogP contribution < -0.4 is 10.9 Å². The third-order valence-corrected chi connectivity index (χ3v) is 4.22. The van der Waals surface area contributed by atoms with E-state index in [0.717, 1.165) is 18.5 Å². The molecule has 2 amide bonds. The van der Waals surface area contributed by atoms with Crippen molar-refractivity contribution in [1.82, 2.24) is 21.2 Å². The molecule has 1 aliphatic heterocycles. The minimum absolute atomic E-state index is 0.221. The van der Waals surface area contributed by atoms with Gasteiger partial charge in [-0.05, 0) is 24.4 Å². The fraction of sp³-hybridized carbons (Fsp3) is 0.333. The molecule has 24 heavy (non-hydrogen) atoms. The van der Waals surface area contributed by atoms with Crippen molar-refractivity contribution >= 4 is 23.2 Å². The Hall–Kier alpha value is -3.10. The van der Waals surface area contributed by atoms with Gasteiger partial charge in [-0.3, -0.25) is 9.59 Å². The fourth-order valence-electron chi connectivity index (χ4n) is 3.00. The van der Waals surface area contributed by atoms with Gasteiger partial charge in [0.2, 0.25) is 5.91 Å². The maximum atomic E-state index is 12.4. The van der Waals surface area contributed by atoms with E-state index in [4.69, 9.17) is 4.63 Å². The summed E-state index contributed by atoms with van der Waals surface area (Å²) in [6.45, 7) is 0. The van der Waals surface area contributed by atoms with Gasteiger partial charge in [0.05, 0.1) is 11.6 Å². The zero-order chi connectivity index (χ0) is 16.5. The van der Waals surface area contributed by atoms with Gasteiger partial charge in [-0.15, -0.1) is 0 Å². The number of carbonyl (C=O) groups is 2. The van der Waals surface area contributed by atoms with Gasteiger partial charge in [-0.1, -0.05) is 29.5 Å². The van der Waals surface area contributed by atoms with Crippen molar-refractivity contribution < 1.29 is 14.2 Å². The second-order valence-corrected chi connectivity index (χ2v) is 5.71. The molecule has 4 rings (SSSR count). The lowest BCUT2D eigenvalue weighted by molar-refractivity contribution is -0.124. The van der Waals surface area contributed by atoms with E-state index in [9.17, 15) is 9.59 Å². The predicted molar refractivity (Wildman–Crippen MR) is 82.8 cm³/mol. The van der Waals surface area contributed by atoms with Gasteiger partial charge in [0, 0.05) is 5.92 Å². The van der Waals surface area contributed by atoms with Gasteiger partial charge < -0.3 is 0 Å². The summed E-state index contributed by atoms with van der Waals surface area (Å²) in [5.74, 6) is -1.50. The van der Waals surface area contributed by atoms with Crippen LogP contribution in [0.15, 0.2) is 39.1 Å². The van der Waals surface area contributed by atoms with Crippen molar-refractivity contribution in [1.29, 1.82) is 0 Å². The lowest BCUT2D eigenvalue weighted by Crippen LogP contribution is -2.46. The van der Waals surface area contributed by atoms with Crippen molar-refractivity contribution in [3.8, 4) is 0 Å². The number of hydrogen-bond acceptors (Lipinski definition) is 7. The molecule has 0 spiro atoms. The molecule has 3 aliphatic rings. The van der Waals surface area contributed by atoms with Gasteiger partial charge in [0.1, 0.15) is 11.4 Å². The number of hydrogen-bond donors (Lipinski definition) is 2. The molecular weight excluding hydrogens is 312 g/mol. The molecule has 2 N–H and O–H groups in total. The lowest BCUT2D eigenvalue weighted by atomic mass is 9.83. The number of rotatable bonds is 2. The molecule has 1 aromatic heterocycles. The Balaban J connectivity index is 1.53. The number of amides is 2. The molecule has 0 aromatic carbocycles. The van der Waals surface area contributed by atoms with Crippen LogP contribution in [0.25, 0.3) is 0 Å². The molecule has 2 aliphatic carbocycles. The fourth-order valence-corrected chi connectivity index (χ4v) is 3.00. The van der Waals surface area contributed by atoms with Crippen molar-refractivity contribution in [2.24, 2.45) is 22.0 Å². The number of aromatic nitrogens is 2. The van der Waals surface area contributed by atoms with Crippen molar-refractivity contribution in [3.05, 3.63) is 35.7 Å². The third kappa shape index (κ3) is 2.43. The van der Waals surface area contributed by atoms with E-state index in [1.54, 1.807) is 24.3 Å². The number of nitrogens with one attached hydrogen (secondary N) is 2.